The Morgan fingerprint density at radius 3 is 2.81 bits per heavy atom. The lowest BCUT2D eigenvalue weighted by Gasteiger charge is -2.31. The van der Waals surface area contributed by atoms with Crippen molar-refractivity contribution < 1.29 is 19.2 Å². The minimum Gasteiger partial charge on any atom is -0.483 e. The van der Waals surface area contributed by atoms with Gasteiger partial charge >= 0.3 is 11.7 Å². The third-order valence-electron chi connectivity index (χ3n) is 4.36. The van der Waals surface area contributed by atoms with Crippen molar-refractivity contribution in [2.75, 3.05) is 32.0 Å². The smallest absolute Gasteiger partial charge is 0.320 e. The van der Waals surface area contributed by atoms with Crippen molar-refractivity contribution in [1.29, 1.82) is 0 Å². The van der Waals surface area contributed by atoms with Crippen molar-refractivity contribution in [2.24, 2.45) is 0 Å². The van der Waals surface area contributed by atoms with Crippen molar-refractivity contribution in [3.8, 4) is 5.75 Å². The van der Waals surface area contributed by atoms with Gasteiger partial charge in [-0.1, -0.05) is 0 Å². The summed E-state index contributed by atoms with van der Waals surface area (Å²) >= 11 is 0. The molecule has 144 valence electrons. The first-order valence-corrected chi connectivity index (χ1v) is 8.71. The van der Waals surface area contributed by atoms with Gasteiger partial charge in [-0.15, -0.1) is 0 Å². The number of piperidine rings is 1. The topological polar surface area (TPSA) is 134 Å². The molecular weight excluding hydrogens is 354 g/mol. The maximum Gasteiger partial charge on any atom is 0.320 e. The van der Waals surface area contributed by atoms with Gasteiger partial charge in [0, 0.05) is 36.8 Å². The number of carbonyl (C=O) groups is 1. The fourth-order valence-corrected chi connectivity index (χ4v) is 3.05. The fraction of sp³-hybridized carbons (Fsp3) is 0.471. The summed E-state index contributed by atoms with van der Waals surface area (Å²) in [5, 5.41) is 11.9. The maximum atomic E-state index is 11.6. The second-order valence-electron chi connectivity index (χ2n) is 6.26. The monoisotopic (exact) mass is 375 g/mol. The largest absolute Gasteiger partial charge is 0.483 e. The molecule has 0 spiro atoms. The zero-order valence-electron chi connectivity index (χ0n) is 15.0. The first-order chi connectivity index (χ1) is 13.0. The van der Waals surface area contributed by atoms with Gasteiger partial charge in [0.2, 0.25) is 5.95 Å². The van der Waals surface area contributed by atoms with Gasteiger partial charge in [0.1, 0.15) is 6.10 Å². The second-order valence-corrected chi connectivity index (χ2v) is 6.26. The maximum absolute atomic E-state index is 11.6. The minimum absolute atomic E-state index is 0.0922. The number of nitrogens with two attached hydrogens (primary N) is 1. The number of ether oxygens (including phenoxy) is 2. The number of carbonyl (C=O) groups excluding carboxylic acids is 1. The number of esters is 1. The number of anilines is 1. The van der Waals surface area contributed by atoms with E-state index in [4.69, 9.17) is 15.2 Å². The predicted octanol–water partition coefficient (Wildman–Crippen LogP) is 1.53. The summed E-state index contributed by atoms with van der Waals surface area (Å²) in [4.78, 5) is 32.4. The number of nitrogen functional groups attached to an aromatic ring is 1. The zero-order valence-corrected chi connectivity index (χ0v) is 15.0. The number of nitro groups is 1. The highest BCUT2D eigenvalue weighted by Crippen LogP contribution is 2.33. The summed E-state index contributed by atoms with van der Waals surface area (Å²) < 4.78 is 10.9. The van der Waals surface area contributed by atoms with Gasteiger partial charge in [-0.25, -0.2) is 9.97 Å². The van der Waals surface area contributed by atoms with Crippen LogP contribution in [0.1, 0.15) is 19.8 Å². The molecule has 27 heavy (non-hydrogen) atoms. The van der Waals surface area contributed by atoms with Gasteiger partial charge < -0.3 is 15.2 Å². The molecule has 3 rings (SSSR count). The lowest BCUT2D eigenvalue weighted by molar-refractivity contribution is -0.386. The number of benzene rings is 1. The quantitative estimate of drug-likeness (QED) is 0.453. The summed E-state index contributed by atoms with van der Waals surface area (Å²) in [6.45, 7) is 3.68. The van der Waals surface area contributed by atoms with Crippen LogP contribution in [0.15, 0.2) is 18.3 Å². The molecule has 1 aliphatic heterocycles. The van der Waals surface area contributed by atoms with Crippen LogP contribution in [-0.2, 0) is 9.53 Å². The Morgan fingerprint density at radius 1 is 1.41 bits per heavy atom. The molecule has 10 heteroatoms. The number of hydrogen-bond donors (Lipinski definition) is 1. The molecule has 1 saturated heterocycles. The van der Waals surface area contributed by atoms with Gasteiger partial charge in [0.05, 0.1) is 23.6 Å². The van der Waals surface area contributed by atoms with E-state index in [-0.39, 0.29) is 36.0 Å². The van der Waals surface area contributed by atoms with Crippen LogP contribution < -0.4 is 10.5 Å². The highest BCUT2D eigenvalue weighted by molar-refractivity contribution is 5.83. The van der Waals surface area contributed by atoms with Crippen molar-refractivity contribution in [2.45, 2.75) is 25.9 Å². The molecule has 1 aliphatic rings. The molecule has 1 aromatic carbocycles. The fourth-order valence-electron chi connectivity index (χ4n) is 3.05. The number of hydrogen-bond acceptors (Lipinski definition) is 9. The molecule has 2 N–H and O–H groups in total. The minimum atomic E-state index is -0.485. The summed E-state index contributed by atoms with van der Waals surface area (Å²) in [6.07, 6.45) is 2.57. The molecule has 1 fully saturated rings. The van der Waals surface area contributed by atoms with Crippen LogP contribution in [0.3, 0.4) is 0 Å². The molecule has 0 saturated carbocycles. The van der Waals surface area contributed by atoms with E-state index in [0.29, 0.717) is 43.4 Å². The Kier molecular flexibility index (Phi) is 5.65. The standard InChI is InChI=1S/C17H21N5O5/c1-2-26-16(23)10-21-5-3-12(4-6-21)27-15-8-13-11(7-14(15)22(24)25)9-19-17(18)20-13/h7-9,12H,2-6,10H2,1H3,(H2,18,19,20). The highest BCUT2D eigenvalue weighted by atomic mass is 16.6. The average Bonchev–Trinajstić information content (AvgIpc) is 2.62. The third-order valence-corrected chi connectivity index (χ3v) is 4.36. The molecule has 2 heterocycles. The van der Waals surface area contributed by atoms with Crippen LogP contribution in [0.2, 0.25) is 0 Å². The van der Waals surface area contributed by atoms with E-state index in [1.54, 1.807) is 6.92 Å². The molecular formula is C17H21N5O5. The van der Waals surface area contributed by atoms with E-state index in [1.165, 1.54) is 18.3 Å². The van der Waals surface area contributed by atoms with Crippen molar-refractivity contribution in [3.63, 3.8) is 0 Å². The van der Waals surface area contributed by atoms with Crippen molar-refractivity contribution in [1.82, 2.24) is 14.9 Å². The molecule has 0 amide bonds. The van der Waals surface area contributed by atoms with Crippen molar-refractivity contribution in [3.05, 3.63) is 28.4 Å². The Hall–Kier alpha value is -3.01. The van der Waals surface area contributed by atoms with Crippen LogP contribution >= 0.6 is 0 Å². The second kappa shape index (κ2) is 8.12. The van der Waals surface area contributed by atoms with Crippen LogP contribution in [0.4, 0.5) is 11.6 Å². The van der Waals surface area contributed by atoms with Gasteiger partial charge in [0.15, 0.2) is 5.75 Å². The summed E-state index contributed by atoms with van der Waals surface area (Å²) in [7, 11) is 0. The van der Waals surface area contributed by atoms with Gasteiger partial charge in [-0.3, -0.25) is 19.8 Å². The van der Waals surface area contributed by atoms with Crippen molar-refractivity contribution >= 4 is 28.5 Å². The van der Waals surface area contributed by atoms with Crippen LogP contribution in [0.5, 0.6) is 5.75 Å². The van der Waals surface area contributed by atoms with E-state index < -0.39 is 4.92 Å². The summed E-state index contributed by atoms with van der Waals surface area (Å²) in [5.74, 6) is 0.00308. The van der Waals surface area contributed by atoms with E-state index in [0.717, 1.165) is 0 Å². The van der Waals surface area contributed by atoms with Gasteiger partial charge in [0.25, 0.3) is 0 Å². The molecule has 0 aliphatic carbocycles. The average molecular weight is 375 g/mol. The first kappa shape index (κ1) is 18.8. The first-order valence-electron chi connectivity index (χ1n) is 8.71. The summed E-state index contributed by atoms with van der Waals surface area (Å²) in [6, 6.07) is 2.91. The molecule has 0 unspecified atom stereocenters. The molecule has 10 nitrogen and oxygen atoms in total. The lowest BCUT2D eigenvalue weighted by atomic mass is 10.1. The highest BCUT2D eigenvalue weighted by Gasteiger charge is 2.26. The Bertz CT molecular complexity index is 851. The number of nitrogens with zero attached hydrogens (tertiary/aromatic N) is 4. The number of nitro benzene ring substituents is 1. The summed E-state index contributed by atoms with van der Waals surface area (Å²) in [5.41, 5.74) is 5.95. The van der Waals surface area contributed by atoms with Gasteiger partial charge in [-0.05, 0) is 19.8 Å². The number of fused-ring (bicyclic) bond motifs is 1. The Labute approximate surface area is 155 Å². The van der Waals surface area contributed by atoms with Crippen LogP contribution in [0.25, 0.3) is 10.9 Å². The molecule has 0 bridgehead atoms. The lowest BCUT2D eigenvalue weighted by Crippen LogP contribution is -2.41. The predicted molar refractivity (Wildman–Crippen MR) is 97.3 cm³/mol. The van der Waals surface area contributed by atoms with Gasteiger partial charge in [-0.2, -0.15) is 0 Å². The number of rotatable bonds is 6. The van der Waals surface area contributed by atoms with Crippen LogP contribution in [-0.4, -0.2) is 58.1 Å². The molecule has 1 aromatic heterocycles. The third kappa shape index (κ3) is 4.59. The Balaban J connectivity index is 1.70. The van der Waals surface area contributed by atoms with Crippen LogP contribution in [0, 0.1) is 10.1 Å². The zero-order chi connectivity index (χ0) is 19.4. The van der Waals surface area contributed by atoms with E-state index in [1.807, 2.05) is 4.90 Å². The number of aromatic nitrogens is 2. The van der Waals surface area contributed by atoms with E-state index in [9.17, 15) is 14.9 Å². The number of likely N-dealkylation sites (tertiary alicyclic amines) is 1. The Morgan fingerprint density at radius 2 is 2.15 bits per heavy atom. The molecule has 0 atom stereocenters. The SMILES string of the molecule is CCOC(=O)CN1CCC(Oc2cc3nc(N)ncc3cc2[N+](=O)[O-])CC1. The normalized spacial score (nSPS) is 15.6. The molecule has 2 aromatic rings. The molecule has 0 radical (unpaired) electrons. The van der Waals surface area contributed by atoms with E-state index >= 15 is 0 Å². The van der Waals surface area contributed by atoms with E-state index in [2.05, 4.69) is 9.97 Å².